The topological polar surface area (TPSA) is 91.0 Å². The van der Waals surface area contributed by atoms with E-state index in [0.29, 0.717) is 25.4 Å². The van der Waals surface area contributed by atoms with Crippen molar-refractivity contribution in [3.8, 4) is 0 Å². The van der Waals surface area contributed by atoms with Gasteiger partial charge in [0, 0.05) is 12.6 Å². The molecule has 1 heterocycles. The number of nitrogens with one attached hydrogen (secondary N) is 1. The van der Waals surface area contributed by atoms with Crippen LogP contribution in [0, 0.1) is 5.41 Å². The molecule has 1 aliphatic heterocycles. The van der Waals surface area contributed by atoms with Crippen molar-refractivity contribution in [2.24, 2.45) is 16.3 Å². The number of likely N-dealkylation sites (tertiary alicyclic amines) is 1. The molecular weight excluding hydrogens is 244 g/mol. The summed E-state index contributed by atoms with van der Waals surface area (Å²) in [6, 6.07) is 0.405. The minimum Gasteiger partial charge on any atom is -0.409 e. The first kappa shape index (κ1) is 14.1. The fraction of sp³-hybridized carbons (Fsp3) is 0.846. The number of rotatable bonds is 4. The van der Waals surface area contributed by atoms with E-state index in [9.17, 15) is 4.79 Å². The van der Waals surface area contributed by atoms with Gasteiger partial charge >= 0.3 is 0 Å². The number of piperidine rings is 1. The third kappa shape index (κ3) is 2.68. The van der Waals surface area contributed by atoms with Crippen LogP contribution < -0.4 is 11.1 Å². The molecule has 0 aromatic carbocycles. The van der Waals surface area contributed by atoms with Gasteiger partial charge in [-0.1, -0.05) is 18.0 Å². The van der Waals surface area contributed by atoms with Crippen LogP contribution >= 0.6 is 0 Å². The second kappa shape index (κ2) is 5.77. The summed E-state index contributed by atoms with van der Waals surface area (Å²) >= 11 is 0. The van der Waals surface area contributed by atoms with Gasteiger partial charge in [-0.2, -0.15) is 0 Å². The van der Waals surface area contributed by atoms with Crippen molar-refractivity contribution in [2.75, 3.05) is 20.1 Å². The Hall–Kier alpha value is -1.30. The molecule has 1 unspecified atom stereocenters. The first-order chi connectivity index (χ1) is 9.10. The van der Waals surface area contributed by atoms with E-state index in [1.54, 1.807) is 0 Å². The normalized spacial score (nSPS) is 27.6. The Balaban J connectivity index is 1.90. The van der Waals surface area contributed by atoms with Gasteiger partial charge in [0.2, 0.25) is 5.91 Å². The standard InChI is InChI=1S/C13H24N4O2/c1-17-8-3-2-5-10(17)9-15-12(18)13(6-4-7-13)11(14)16-19/h10,19H,2-9H2,1H3,(H2,14,16)(H,15,18). The molecule has 6 heteroatoms. The van der Waals surface area contributed by atoms with Gasteiger partial charge in [-0.15, -0.1) is 0 Å². The lowest BCUT2D eigenvalue weighted by atomic mass is 9.67. The summed E-state index contributed by atoms with van der Waals surface area (Å²) in [5.41, 5.74) is 4.92. The Labute approximate surface area is 114 Å². The van der Waals surface area contributed by atoms with Gasteiger partial charge < -0.3 is 21.2 Å². The van der Waals surface area contributed by atoms with Crippen LogP contribution in [-0.2, 0) is 4.79 Å². The van der Waals surface area contributed by atoms with E-state index in [1.807, 2.05) is 0 Å². The fourth-order valence-electron chi connectivity index (χ4n) is 3.01. The smallest absolute Gasteiger partial charge is 0.234 e. The van der Waals surface area contributed by atoms with Crippen molar-refractivity contribution in [3.63, 3.8) is 0 Å². The number of amides is 1. The average Bonchev–Trinajstić information content (AvgIpc) is 2.36. The zero-order valence-electron chi connectivity index (χ0n) is 11.6. The summed E-state index contributed by atoms with van der Waals surface area (Å²) in [7, 11) is 2.10. The Bertz CT molecular complexity index is 366. The average molecular weight is 268 g/mol. The van der Waals surface area contributed by atoms with Gasteiger partial charge in [-0.3, -0.25) is 4.79 Å². The van der Waals surface area contributed by atoms with Crippen LogP contribution in [0.1, 0.15) is 38.5 Å². The Kier molecular flexibility index (Phi) is 4.29. The summed E-state index contributed by atoms with van der Waals surface area (Å²) in [4.78, 5) is 14.6. The van der Waals surface area contributed by atoms with Gasteiger partial charge in [0.05, 0.1) is 0 Å². The second-order valence-corrected chi connectivity index (χ2v) is 5.76. The summed E-state index contributed by atoms with van der Waals surface area (Å²) in [5.74, 6) is -0.0405. The summed E-state index contributed by atoms with van der Waals surface area (Å²) < 4.78 is 0. The number of amidine groups is 1. The van der Waals surface area contributed by atoms with Crippen molar-refractivity contribution >= 4 is 11.7 Å². The van der Waals surface area contributed by atoms with Crippen LogP contribution in [0.5, 0.6) is 0 Å². The predicted octanol–water partition coefficient (Wildman–Crippen LogP) is 0.504. The molecule has 1 aliphatic carbocycles. The van der Waals surface area contributed by atoms with Crippen molar-refractivity contribution in [2.45, 2.75) is 44.6 Å². The van der Waals surface area contributed by atoms with Crippen LogP contribution in [0.4, 0.5) is 0 Å². The monoisotopic (exact) mass is 268 g/mol. The molecule has 6 nitrogen and oxygen atoms in total. The maximum atomic E-state index is 12.3. The fourth-order valence-corrected chi connectivity index (χ4v) is 3.01. The predicted molar refractivity (Wildman–Crippen MR) is 73.0 cm³/mol. The van der Waals surface area contributed by atoms with Crippen molar-refractivity contribution in [1.29, 1.82) is 0 Å². The molecule has 1 atom stereocenters. The van der Waals surface area contributed by atoms with Gasteiger partial charge in [-0.05, 0) is 39.3 Å². The third-order valence-corrected chi connectivity index (χ3v) is 4.66. The SMILES string of the molecule is CN1CCCCC1CNC(=O)C1(C(N)=NO)CCC1. The molecule has 2 fully saturated rings. The number of carbonyl (C=O) groups excluding carboxylic acids is 1. The van der Waals surface area contributed by atoms with E-state index in [-0.39, 0.29) is 11.7 Å². The summed E-state index contributed by atoms with van der Waals surface area (Å²) in [6.45, 7) is 1.74. The number of hydrogen-bond acceptors (Lipinski definition) is 4. The van der Waals surface area contributed by atoms with Crippen molar-refractivity contribution in [1.82, 2.24) is 10.2 Å². The molecule has 4 N–H and O–H groups in total. The molecule has 0 aromatic heterocycles. The van der Waals surface area contributed by atoms with E-state index < -0.39 is 5.41 Å². The maximum Gasteiger partial charge on any atom is 0.234 e. The first-order valence-electron chi connectivity index (χ1n) is 7.07. The molecule has 2 aliphatic rings. The molecular formula is C13H24N4O2. The molecule has 0 aromatic rings. The van der Waals surface area contributed by atoms with Gasteiger partial charge in [0.1, 0.15) is 5.41 Å². The number of nitrogens with two attached hydrogens (primary N) is 1. The molecule has 1 saturated heterocycles. The number of hydrogen-bond donors (Lipinski definition) is 3. The highest BCUT2D eigenvalue weighted by atomic mass is 16.4. The molecule has 0 spiro atoms. The van der Waals surface area contributed by atoms with E-state index in [2.05, 4.69) is 22.4 Å². The molecule has 0 bridgehead atoms. The largest absolute Gasteiger partial charge is 0.409 e. The highest BCUT2D eigenvalue weighted by Crippen LogP contribution is 2.41. The third-order valence-electron chi connectivity index (χ3n) is 4.66. The minimum atomic E-state index is -0.762. The van der Waals surface area contributed by atoms with Crippen LogP contribution in [0.2, 0.25) is 0 Å². The Morgan fingerprint density at radius 2 is 2.21 bits per heavy atom. The zero-order chi connectivity index (χ0) is 13.9. The highest BCUT2D eigenvalue weighted by Gasteiger charge is 2.48. The van der Waals surface area contributed by atoms with E-state index in [0.717, 1.165) is 19.4 Å². The second-order valence-electron chi connectivity index (χ2n) is 5.76. The lowest BCUT2D eigenvalue weighted by Crippen LogP contribution is -2.56. The summed E-state index contributed by atoms with van der Waals surface area (Å²) in [6.07, 6.45) is 5.87. The van der Waals surface area contributed by atoms with Gasteiger partial charge in [0.15, 0.2) is 5.84 Å². The highest BCUT2D eigenvalue weighted by molar-refractivity contribution is 6.07. The number of likely N-dealkylation sites (N-methyl/N-ethyl adjacent to an activating group) is 1. The van der Waals surface area contributed by atoms with Crippen molar-refractivity contribution in [3.05, 3.63) is 0 Å². The molecule has 2 rings (SSSR count). The Morgan fingerprint density at radius 1 is 1.47 bits per heavy atom. The minimum absolute atomic E-state index is 0.0493. The number of carbonyl (C=O) groups is 1. The maximum absolute atomic E-state index is 12.3. The van der Waals surface area contributed by atoms with Gasteiger partial charge in [0.25, 0.3) is 0 Å². The molecule has 1 saturated carbocycles. The van der Waals surface area contributed by atoms with Crippen LogP contribution in [0.25, 0.3) is 0 Å². The zero-order valence-corrected chi connectivity index (χ0v) is 11.6. The van der Waals surface area contributed by atoms with E-state index >= 15 is 0 Å². The lowest BCUT2D eigenvalue weighted by molar-refractivity contribution is -0.131. The molecule has 1 amide bonds. The van der Waals surface area contributed by atoms with E-state index in [4.69, 9.17) is 10.9 Å². The number of nitrogens with zero attached hydrogens (tertiary/aromatic N) is 2. The van der Waals surface area contributed by atoms with Crippen LogP contribution in [0.3, 0.4) is 0 Å². The lowest BCUT2D eigenvalue weighted by Gasteiger charge is -2.40. The Morgan fingerprint density at radius 3 is 2.74 bits per heavy atom. The van der Waals surface area contributed by atoms with Crippen LogP contribution in [0.15, 0.2) is 5.16 Å². The van der Waals surface area contributed by atoms with Crippen LogP contribution in [-0.4, -0.2) is 48.0 Å². The molecule has 19 heavy (non-hydrogen) atoms. The van der Waals surface area contributed by atoms with Gasteiger partial charge in [-0.25, -0.2) is 0 Å². The first-order valence-corrected chi connectivity index (χ1v) is 7.07. The number of oxime groups is 1. The quantitative estimate of drug-likeness (QED) is 0.300. The van der Waals surface area contributed by atoms with Crippen molar-refractivity contribution < 1.29 is 10.0 Å². The summed E-state index contributed by atoms with van der Waals surface area (Å²) in [5, 5.41) is 14.8. The molecule has 0 radical (unpaired) electrons. The molecule has 108 valence electrons. The van der Waals surface area contributed by atoms with E-state index in [1.165, 1.54) is 12.8 Å².